The highest BCUT2D eigenvalue weighted by Crippen LogP contribution is 2.28. The molecule has 0 amide bonds. The van der Waals surface area contributed by atoms with E-state index in [0.717, 1.165) is 4.57 Å². The molecular formula is C8H10F2N6. The Kier molecular flexibility index (Phi) is 1.87. The summed E-state index contributed by atoms with van der Waals surface area (Å²) < 4.78 is 28.4. The fraction of sp³-hybridized carbons (Fsp3) is 0.500. The molecule has 0 aromatic carbocycles. The summed E-state index contributed by atoms with van der Waals surface area (Å²) >= 11 is 0. The van der Waals surface area contributed by atoms with Crippen LogP contribution >= 0.6 is 0 Å². The van der Waals surface area contributed by atoms with Gasteiger partial charge in [0, 0.05) is 20.1 Å². The highest BCUT2D eigenvalue weighted by Gasteiger charge is 2.28. The van der Waals surface area contributed by atoms with Crippen molar-refractivity contribution in [1.82, 2.24) is 29.9 Å². The van der Waals surface area contributed by atoms with E-state index in [9.17, 15) is 8.78 Å². The van der Waals surface area contributed by atoms with Crippen LogP contribution in [0.4, 0.5) is 8.78 Å². The number of rotatable bonds is 2. The van der Waals surface area contributed by atoms with Crippen molar-refractivity contribution in [2.24, 2.45) is 7.05 Å². The molecule has 0 radical (unpaired) electrons. The molecule has 1 aliphatic rings. The molecule has 0 saturated carbocycles. The lowest BCUT2D eigenvalue weighted by Crippen LogP contribution is -2.17. The SMILES string of the molecule is Cn1[nH]nc1-c1nc2c(n1C(F)F)CNC2. The zero-order chi connectivity index (χ0) is 11.3. The van der Waals surface area contributed by atoms with Crippen LogP contribution < -0.4 is 5.32 Å². The molecule has 86 valence electrons. The van der Waals surface area contributed by atoms with Gasteiger partial charge in [0.25, 0.3) is 0 Å². The van der Waals surface area contributed by atoms with Gasteiger partial charge in [0.2, 0.25) is 5.82 Å². The molecule has 0 fully saturated rings. The quantitative estimate of drug-likeness (QED) is 0.791. The van der Waals surface area contributed by atoms with E-state index in [0.29, 0.717) is 30.3 Å². The molecule has 3 rings (SSSR count). The Bertz CT molecular complexity index is 522. The highest BCUT2D eigenvalue weighted by atomic mass is 19.3. The molecule has 2 aromatic heterocycles. The van der Waals surface area contributed by atoms with E-state index in [2.05, 4.69) is 20.6 Å². The van der Waals surface area contributed by atoms with Crippen LogP contribution in [0.3, 0.4) is 0 Å². The first kappa shape index (κ1) is 9.52. The number of H-pyrrole nitrogens is 1. The van der Waals surface area contributed by atoms with Crippen molar-refractivity contribution < 1.29 is 8.78 Å². The van der Waals surface area contributed by atoms with Gasteiger partial charge < -0.3 is 5.32 Å². The molecular weight excluding hydrogens is 218 g/mol. The number of aromatic amines is 1. The van der Waals surface area contributed by atoms with Gasteiger partial charge in [0.05, 0.1) is 11.4 Å². The topological polar surface area (TPSA) is 63.5 Å². The molecule has 6 nitrogen and oxygen atoms in total. The lowest BCUT2D eigenvalue weighted by molar-refractivity contribution is 0.0688. The second-order valence-electron chi connectivity index (χ2n) is 3.67. The van der Waals surface area contributed by atoms with E-state index >= 15 is 0 Å². The zero-order valence-electron chi connectivity index (χ0n) is 8.54. The van der Waals surface area contributed by atoms with Crippen molar-refractivity contribution in [3.05, 3.63) is 11.4 Å². The number of fused-ring (bicyclic) bond motifs is 1. The zero-order valence-corrected chi connectivity index (χ0v) is 8.54. The van der Waals surface area contributed by atoms with Crippen LogP contribution in [0.25, 0.3) is 11.6 Å². The van der Waals surface area contributed by atoms with E-state index in [-0.39, 0.29) is 5.82 Å². The number of aromatic nitrogens is 5. The van der Waals surface area contributed by atoms with Gasteiger partial charge in [-0.3, -0.25) is 9.25 Å². The molecule has 0 spiro atoms. The monoisotopic (exact) mass is 228 g/mol. The normalized spacial score (nSPS) is 15.0. The summed E-state index contributed by atoms with van der Waals surface area (Å²) in [5, 5.41) is 9.42. The Morgan fingerprint density at radius 1 is 1.31 bits per heavy atom. The van der Waals surface area contributed by atoms with E-state index in [1.807, 2.05) is 0 Å². The third-order valence-electron chi connectivity index (χ3n) is 2.70. The second-order valence-corrected chi connectivity index (χ2v) is 3.67. The summed E-state index contributed by atoms with van der Waals surface area (Å²) in [5.74, 6) is 0.664. The molecule has 16 heavy (non-hydrogen) atoms. The van der Waals surface area contributed by atoms with Crippen LogP contribution in [0.1, 0.15) is 17.9 Å². The lowest BCUT2D eigenvalue weighted by Gasteiger charge is -2.13. The summed E-state index contributed by atoms with van der Waals surface area (Å²) in [6.45, 7) is -1.63. The molecule has 0 aliphatic carbocycles. The Morgan fingerprint density at radius 3 is 2.69 bits per heavy atom. The summed E-state index contributed by atoms with van der Waals surface area (Å²) in [5.41, 5.74) is 1.23. The molecule has 2 aromatic rings. The maximum Gasteiger partial charge on any atom is 0.320 e. The lowest BCUT2D eigenvalue weighted by atomic mass is 10.4. The average molecular weight is 228 g/mol. The predicted molar refractivity (Wildman–Crippen MR) is 50.6 cm³/mol. The van der Waals surface area contributed by atoms with Gasteiger partial charge in [0.1, 0.15) is 0 Å². The van der Waals surface area contributed by atoms with Gasteiger partial charge in [-0.15, -0.1) is 5.10 Å². The number of nitrogens with zero attached hydrogens (tertiary/aromatic N) is 4. The Labute approximate surface area is 89.2 Å². The van der Waals surface area contributed by atoms with Gasteiger partial charge >= 0.3 is 6.55 Å². The van der Waals surface area contributed by atoms with Crippen molar-refractivity contribution >= 4 is 0 Å². The molecule has 0 saturated heterocycles. The van der Waals surface area contributed by atoms with Gasteiger partial charge in [-0.2, -0.15) is 8.78 Å². The van der Waals surface area contributed by atoms with Crippen molar-refractivity contribution in [1.29, 1.82) is 0 Å². The van der Waals surface area contributed by atoms with E-state index in [1.165, 1.54) is 0 Å². The van der Waals surface area contributed by atoms with Gasteiger partial charge in [-0.05, 0) is 0 Å². The smallest absolute Gasteiger partial charge is 0.305 e. The van der Waals surface area contributed by atoms with Crippen LogP contribution in [0, 0.1) is 0 Å². The summed E-state index contributed by atoms with van der Waals surface area (Å²) in [6.07, 6.45) is 0. The number of imidazole rings is 1. The number of hydrogen-bond donors (Lipinski definition) is 2. The largest absolute Gasteiger partial charge is 0.320 e. The third-order valence-corrected chi connectivity index (χ3v) is 2.70. The maximum atomic E-state index is 13.0. The summed E-state index contributed by atoms with van der Waals surface area (Å²) in [6, 6.07) is 0. The molecule has 3 heterocycles. The second kappa shape index (κ2) is 3.14. The van der Waals surface area contributed by atoms with Crippen molar-refractivity contribution in [2.75, 3.05) is 0 Å². The number of nitrogens with one attached hydrogen (secondary N) is 2. The number of hydrogen-bond acceptors (Lipinski definition) is 3. The molecule has 2 N–H and O–H groups in total. The van der Waals surface area contributed by atoms with Crippen molar-refractivity contribution in [3.8, 4) is 11.6 Å². The molecule has 8 heteroatoms. The minimum absolute atomic E-state index is 0.225. The van der Waals surface area contributed by atoms with Crippen LogP contribution in [-0.4, -0.2) is 24.5 Å². The average Bonchev–Trinajstić information content (AvgIpc) is 2.74. The number of alkyl halides is 2. The third kappa shape index (κ3) is 1.13. The minimum atomic E-state index is -2.59. The Morgan fingerprint density at radius 2 is 2.12 bits per heavy atom. The first-order valence-corrected chi connectivity index (χ1v) is 4.84. The standard InChI is InChI=1S/C8H10F2N6/c1-15-7(13-14-15)6-12-4-2-11-3-5(4)16(6)8(9)10/h8,11,14H,2-3H2,1H3. The van der Waals surface area contributed by atoms with Gasteiger partial charge in [-0.1, -0.05) is 0 Å². The maximum absolute atomic E-state index is 13.0. The molecule has 0 bridgehead atoms. The van der Waals surface area contributed by atoms with Crippen molar-refractivity contribution in [2.45, 2.75) is 19.6 Å². The van der Waals surface area contributed by atoms with E-state index in [4.69, 9.17) is 0 Å². The van der Waals surface area contributed by atoms with Crippen LogP contribution in [-0.2, 0) is 20.1 Å². The van der Waals surface area contributed by atoms with Crippen molar-refractivity contribution in [3.63, 3.8) is 0 Å². The van der Waals surface area contributed by atoms with Gasteiger partial charge in [0.15, 0.2) is 5.82 Å². The molecule has 0 atom stereocenters. The number of halogens is 2. The fourth-order valence-electron chi connectivity index (χ4n) is 1.91. The predicted octanol–water partition coefficient (Wildman–Crippen LogP) is 0.610. The first-order chi connectivity index (χ1) is 7.68. The summed E-state index contributed by atoms with van der Waals surface area (Å²) in [7, 11) is 1.70. The minimum Gasteiger partial charge on any atom is -0.305 e. The van der Waals surface area contributed by atoms with Crippen LogP contribution in [0.5, 0.6) is 0 Å². The molecule has 1 aliphatic heterocycles. The van der Waals surface area contributed by atoms with Crippen LogP contribution in [0.2, 0.25) is 0 Å². The highest BCUT2D eigenvalue weighted by molar-refractivity contribution is 5.47. The Balaban J connectivity index is 2.17. The fourth-order valence-corrected chi connectivity index (χ4v) is 1.91. The summed E-state index contributed by atoms with van der Waals surface area (Å²) in [4.78, 5) is 4.19. The first-order valence-electron chi connectivity index (χ1n) is 4.84. The van der Waals surface area contributed by atoms with Crippen LogP contribution in [0.15, 0.2) is 0 Å². The van der Waals surface area contributed by atoms with E-state index < -0.39 is 6.55 Å². The Hall–Kier alpha value is -1.70. The van der Waals surface area contributed by atoms with Gasteiger partial charge in [-0.25, -0.2) is 10.2 Å². The van der Waals surface area contributed by atoms with E-state index in [1.54, 1.807) is 11.7 Å². The number of aryl methyl sites for hydroxylation is 1. The molecule has 0 unspecified atom stereocenters.